The van der Waals surface area contributed by atoms with Crippen molar-refractivity contribution in [2.24, 2.45) is 5.92 Å². The molecule has 1 amide bonds. The molecule has 0 spiro atoms. The molecular formula is C18H24N6O2S. The van der Waals surface area contributed by atoms with Crippen molar-refractivity contribution in [2.45, 2.75) is 45.6 Å². The first-order valence-electron chi connectivity index (χ1n) is 9.41. The number of ether oxygens (including phenoxy) is 1. The minimum atomic E-state index is 0.0127. The second-order valence-corrected chi connectivity index (χ2v) is 8.23. The number of rotatable bonds is 4. The van der Waals surface area contributed by atoms with Crippen LogP contribution >= 0.6 is 11.3 Å². The van der Waals surface area contributed by atoms with Gasteiger partial charge in [-0.3, -0.25) is 4.79 Å². The Morgan fingerprint density at radius 2 is 2.04 bits per heavy atom. The Hall–Kier alpha value is -2.13. The molecule has 0 bridgehead atoms. The molecule has 2 fully saturated rings. The summed E-state index contributed by atoms with van der Waals surface area (Å²) in [6.45, 7) is 5.94. The van der Waals surface area contributed by atoms with Gasteiger partial charge in [0.2, 0.25) is 11.0 Å². The number of hydrogen-bond donors (Lipinski definition) is 1. The summed E-state index contributed by atoms with van der Waals surface area (Å²) in [6, 6.07) is 1.95. The quantitative estimate of drug-likeness (QED) is 0.861. The predicted molar refractivity (Wildman–Crippen MR) is 102 cm³/mol. The van der Waals surface area contributed by atoms with Crippen molar-refractivity contribution < 1.29 is 9.53 Å². The van der Waals surface area contributed by atoms with Gasteiger partial charge in [-0.2, -0.15) is 0 Å². The molecule has 0 aromatic carbocycles. The van der Waals surface area contributed by atoms with Crippen molar-refractivity contribution in [3.8, 4) is 0 Å². The van der Waals surface area contributed by atoms with Crippen molar-refractivity contribution in [3.63, 3.8) is 0 Å². The van der Waals surface area contributed by atoms with Crippen LogP contribution in [0.2, 0.25) is 0 Å². The van der Waals surface area contributed by atoms with Gasteiger partial charge in [-0.05, 0) is 39.5 Å². The lowest BCUT2D eigenvalue weighted by molar-refractivity contribution is -0.139. The monoisotopic (exact) mass is 388 g/mol. The Morgan fingerprint density at radius 3 is 2.78 bits per heavy atom. The summed E-state index contributed by atoms with van der Waals surface area (Å²) in [5.41, 5.74) is 0.893. The minimum absolute atomic E-state index is 0.0127. The van der Waals surface area contributed by atoms with Crippen LogP contribution in [0.15, 0.2) is 6.07 Å². The van der Waals surface area contributed by atoms with Crippen LogP contribution in [0.3, 0.4) is 0 Å². The van der Waals surface area contributed by atoms with Gasteiger partial charge in [0.15, 0.2) is 0 Å². The van der Waals surface area contributed by atoms with Crippen LogP contribution in [0.5, 0.6) is 0 Å². The largest absolute Gasteiger partial charge is 0.381 e. The Bertz CT molecular complexity index is 820. The van der Waals surface area contributed by atoms with Crippen molar-refractivity contribution in [1.29, 1.82) is 0 Å². The van der Waals surface area contributed by atoms with Gasteiger partial charge in [0.1, 0.15) is 16.6 Å². The fourth-order valence-electron chi connectivity index (χ4n) is 3.80. The molecule has 8 nitrogen and oxygen atoms in total. The SMILES string of the molecule is Cc1nc(Nc2nnc(C)s2)cc([C@H]2CCCN2C(=O)C2CCOCC2)n1. The van der Waals surface area contributed by atoms with Gasteiger partial charge in [-0.25, -0.2) is 9.97 Å². The molecule has 2 aromatic heterocycles. The molecule has 144 valence electrons. The summed E-state index contributed by atoms with van der Waals surface area (Å²) in [7, 11) is 0. The smallest absolute Gasteiger partial charge is 0.226 e. The number of aromatic nitrogens is 4. The first-order chi connectivity index (χ1) is 13.1. The Balaban J connectivity index is 1.55. The van der Waals surface area contributed by atoms with Gasteiger partial charge in [0, 0.05) is 31.7 Å². The molecule has 2 aliphatic heterocycles. The maximum Gasteiger partial charge on any atom is 0.226 e. The van der Waals surface area contributed by atoms with E-state index in [1.807, 2.05) is 24.8 Å². The fourth-order valence-corrected chi connectivity index (χ4v) is 4.40. The van der Waals surface area contributed by atoms with Gasteiger partial charge in [0.05, 0.1) is 11.7 Å². The summed E-state index contributed by atoms with van der Waals surface area (Å²) in [6.07, 6.45) is 3.56. The summed E-state index contributed by atoms with van der Waals surface area (Å²) in [5, 5.41) is 12.9. The molecule has 9 heteroatoms. The van der Waals surface area contributed by atoms with Crippen LogP contribution in [-0.2, 0) is 9.53 Å². The summed E-state index contributed by atoms with van der Waals surface area (Å²) >= 11 is 1.48. The lowest BCUT2D eigenvalue weighted by Crippen LogP contribution is -2.38. The van der Waals surface area contributed by atoms with E-state index in [0.717, 1.165) is 42.9 Å². The van der Waals surface area contributed by atoms with Crippen LogP contribution < -0.4 is 5.32 Å². The van der Waals surface area contributed by atoms with E-state index in [0.29, 0.717) is 30.0 Å². The molecule has 0 radical (unpaired) electrons. The summed E-state index contributed by atoms with van der Waals surface area (Å²) in [4.78, 5) is 24.2. The normalized spacial score (nSPS) is 20.8. The minimum Gasteiger partial charge on any atom is -0.381 e. The Kier molecular flexibility index (Phi) is 5.31. The molecule has 0 aliphatic carbocycles. The van der Waals surface area contributed by atoms with E-state index >= 15 is 0 Å². The average Bonchev–Trinajstić information content (AvgIpc) is 3.30. The van der Waals surface area contributed by atoms with Gasteiger partial charge >= 0.3 is 0 Å². The number of anilines is 2. The first kappa shape index (κ1) is 18.2. The van der Waals surface area contributed by atoms with Crippen LogP contribution in [0.25, 0.3) is 0 Å². The highest BCUT2D eigenvalue weighted by Gasteiger charge is 2.35. The lowest BCUT2D eigenvalue weighted by atomic mass is 9.98. The number of nitrogens with one attached hydrogen (secondary N) is 1. The number of carbonyl (C=O) groups excluding carboxylic acids is 1. The second-order valence-electron chi connectivity index (χ2n) is 7.05. The third-order valence-corrected chi connectivity index (χ3v) is 5.82. The van der Waals surface area contributed by atoms with Crippen LogP contribution in [-0.4, -0.2) is 50.7 Å². The number of likely N-dealkylation sites (tertiary alicyclic amines) is 1. The number of amides is 1. The molecular weight excluding hydrogens is 364 g/mol. The number of aryl methyl sites for hydroxylation is 2. The highest BCUT2D eigenvalue weighted by Crippen LogP contribution is 2.34. The first-order valence-corrected chi connectivity index (χ1v) is 10.2. The average molecular weight is 388 g/mol. The van der Waals surface area contributed by atoms with Crippen molar-refractivity contribution >= 4 is 28.2 Å². The molecule has 27 heavy (non-hydrogen) atoms. The van der Waals surface area contributed by atoms with E-state index in [2.05, 4.69) is 25.5 Å². The maximum atomic E-state index is 13.0. The summed E-state index contributed by atoms with van der Waals surface area (Å²) in [5.74, 6) is 1.69. The molecule has 2 aromatic rings. The molecule has 0 unspecified atom stereocenters. The fraction of sp³-hybridized carbons (Fsp3) is 0.611. The highest BCUT2D eigenvalue weighted by molar-refractivity contribution is 7.15. The van der Waals surface area contributed by atoms with Crippen LogP contribution in [0.1, 0.15) is 48.3 Å². The number of carbonyl (C=O) groups is 1. The van der Waals surface area contributed by atoms with E-state index in [1.54, 1.807) is 0 Å². The number of hydrogen-bond acceptors (Lipinski definition) is 8. The topological polar surface area (TPSA) is 93.1 Å². The van der Waals surface area contributed by atoms with E-state index in [9.17, 15) is 4.79 Å². The Labute approximate surface area is 162 Å². The molecule has 0 saturated carbocycles. The van der Waals surface area contributed by atoms with Crippen LogP contribution in [0, 0.1) is 19.8 Å². The Morgan fingerprint density at radius 1 is 1.22 bits per heavy atom. The zero-order valence-electron chi connectivity index (χ0n) is 15.6. The molecule has 1 atom stereocenters. The molecule has 2 saturated heterocycles. The third-order valence-electron chi connectivity index (χ3n) is 5.07. The van der Waals surface area contributed by atoms with Crippen molar-refractivity contribution in [2.75, 3.05) is 25.1 Å². The van der Waals surface area contributed by atoms with Gasteiger partial charge < -0.3 is 15.0 Å². The lowest BCUT2D eigenvalue weighted by Gasteiger charge is -2.30. The zero-order valence-corrected chi connectivity index (χ0v) is 16.5. The molecule has 2 aliphatic rings. The van der Waals surface area contributed by atoms with Gasteiger partial charge in [0.25, 0.3) is 0 Å². The highest BCUT2D eigenvalue weighted by atomic mass is 32.1. The van der Waals surface area contributed by atoms with E-state index in [4.69, 9.17) is 4.74 Å². The third kappa shape index (κ3) is 4.08. The second kappa shape index (κ2) is 7.85. The van der Waals surface area contributed by atoms with Crippen molar-refractivity contribution in [1.82, 2.24) is 25.1 Å². The zero-order chi connectivity index (χ0) is 18.8. The van der Waals surface area contributed by atoms with Gasteiger partial charge in [-0.1, -0.05) is 11.3 Å². The maximum absolute atomic E-state index is 13.0. The standard InChI is InChI=1S/C18H24N6O2S/c1-11-19-14(10-16(20-11)21-18-23-22-12(2)27-18)15-4-3-7-24(15)17(25)13-5-8-26-9-6-13/h10,13,15H,3-9H2,1-2H3,(H,19,20,21,23)/t15-/m1/s1. The van der Waals surface area contributed by atoms with E-state index in [1.165, 1.54) is 11.3 Å². The molecule has 1 N–H and O–H groups in total. The molecule has 4 heterocycles. The van der Waals surface area contributed by atoms with E-state index < -0.39 is 0 Å². The summed E-state index contributed by atoms with van der Waals surface area (Å²) < 4.78 is 5.40. The molecule has 4 rings (SSSR count). The van der Waals surface area contributed by atoms with Crippen LogP contribution in [0.4, 0.5) is 10.9 Å². The van der Waals surface area contributed by atoms with Gasteiger partial charge in [-0.15, -0.1) is 10.2 Å². The van der Waals surface area contributed by atoms with Crippen molar-refractivity contribution in [3.05, 3.63) is 22.6 Å². The predicted octanol–water partition coefficient (Wildman–Crippen LogP) is 2.78. The van der Waals surface area contributed by atoms with E-state index in [-0.39, 0.29) is 17.9 Å². The number of nitrogens with zero attached hydrogens (tertiary/aromatic N) is 5.